The Kier molecular flexibility index (Phi) is 5.62. The molecule has 0 bridgehead atoms. The summed E-state index contributed by atoms with van der Waals surface area (Å²) in [4.78, 5) is 22.5. The lowest BCUT2D eigenvalue weighted by Gasteiger charge is -2.16. The molecule has 6 heteroatoms. The number of carbonyl (C=O) groups is 2. The summed E-state index contributed by atoms with van der Waals surface area (Å²) in [7, 11) is 0. The Morgan fingerprint density at radius 3 is 2.88 bits per heavy atom. The van der Waals surface area contributed by atoms with Gasteiger partial charge in [-0.05, 0) is 12.3 Å². The minimum Gasteiger partial charge on any atom is -0.396 e. The highest BCUT2D eigenvalue weighted by Gasteiger charge is 2.18. The minimum atomic E-state index is -0.235. The van der Waals surface area contributed by atoms with Crippen LogP contribution in [0, 0.1) is 5.92 Å². The average molecular weight is 241 g/mol. The molecule has 0 saturated heterocycles. The minimum absolute atomic E-state index is 0.130. The van der Waals surface area contributed by atoms with Crippen molar-refractivity contribution in [2.75, 3.05) is 13.2 Å². The van der Waals surface area contributed by atoms with Crippen molar-refractivity contribution in [1.29, 1.82) is 0 Å². The van der Waals surface area contributed by atoms with E-state index < -0.39 is 0 Å². The molecule has 0 saturated carbocycles. The summed E-state index contributed by atoms with van der Waals surface area (Å²) >= 11 is 0. The van der Waals surface area contributed by atoms with Crippen LogP contribution in [0.3, 0.4) is 0 Å². The lowest BCUT2D eigenvalue weighted by atomic mass is 10.0. The Balaban J connectivity index is 2.36. The molecule has 0 aromatic carbocycles. The quantitative estimate of drug-likeness (QED) is 0.600. The van der Waals surface area contributed by atoms with Crippen LogP contribution in [0.5, 0.6) is 0 Å². The van der Waals surface area contributed by atoms with E-state index >= 15 is 0 Å². The molecule has 0 aromatic rings. The molecule has 6 nitrogen and oxygen atoms in total. The molecule has 0 aliphatic carbocycles. The van der Waals surface area contributed by atoms with Crippen molar-refractivity contribution in [1.82, 2.24) is 10.7 Å². The largest absolute Gasteiger partial charge is 0.396 e. The molecular formula is C11H19N3O3. The van der Waals surface area contributed by atoms with Gasteiger partial charge in [0, 0.05) is 26.0 Å². The van der Waals surface area contributed by atoms with Crippen LogP contribution < -0.4 is 10.7 Å². The van der Waals surface area contributed by atoms with Crippen LogP contribution >= 0.6 is 0 Å². The van der Waals surface area contributed by atoms with Gasteiger partial charge < -0.3 is 10.4 Å². The van der Waals surface area contributed by atoms with Crippen LogP contribution in [-0.4, -0.2) is 35.8 Å². The summed E-state index contributed by atoms with van der Waals surface area (Å²) in [6.45, 7) is 2.68. The summed E-state index contributed by atoms with van der Waals surface area (Å²) in [5.41, 5.74) is 2.65. The van der Waals surface area contributed by atoms with E-state index in [-0.39, 0.29) is 24.3 Å². The first-order chi connectivity index (χ1) is 8.17. The first-order valence-electron chi connectivity index (χ1n) is 5.91. The number of nitrogens with zero attached hydrogens (tertiary/aromatic N) is 1. The number of hydrazone groups is 1. The topological polar surface area (TPSA) is 90.8 Å². The molecule has 0 spiro atoms. The number of aliphatic hydroxyl groups is 1. The SMILES string of the molecule is CCC(CCO)CNC(=O)C1=NNC(=O)CC1. The first-order valence-corrected chi connectivity index (χ1v) is 5.91. The third-order valence-corrected chi connectivity index (χ3v) is 2.83. The Morgan fingerprint density at radius 2 is 2.35 bits per heavy atom. The van der Waals surface area contributed by atoms with Crippen LogP contribution in [0.15, 0.2) is 5.10 Å². The lowest BCUT2D eigenvalue weighted by molar-refractivity contribution is -0.121. The first kappa shape index (κ1) is 13.6. The normalized spacial score (nSPS) is 17.1. The van der Waals surface area contributed by atoms with E-state index in [9.17, 15) is 9.59 Å². The van der Waals surface area contributed by atoms with Gasteiger partial charge in [0.25, 0.3) is 5.91 Å². The molecule has 17 heavy (non-hydrogen) atoms. The molecule has 1 atom stereocenters. The highest BCUT2D eigenvalue weighted by atomic mass is 16.3. The van der Waals surface area contributed by atoms with Crippen molar-refractivity contribution in [2.24, 2.45) is 11.0 Å². The second-order valence-electron chi connectivity index (χ2n) is 4.09. The van der Waals surface area contributed by atoms with E-state index in [4.69, 9.17) is 5.11 Å². The maximum Gasteiger partial charge on any atom is 0.267 e. The number of nitrogens with one attached hydrogen (secondary N) is 2. The van der Waals surface area contributed by atoms with Crippen molar-refractivity contribution in [3.8, 4) is 0 Å². The molecule has 96 valence electrons. The summed E-state index contributed by atoms with van der Waals surface area (Å²) < 4.78 is 0. The highest BCUT2D eigenvalue weighted by Crippen LogP contribution is 2.06. The van der Waals surface area contributed by atoms with Crippen molar-refractivity contribution in [3.63, 3.8) is 0 Å². The fraction of sp³-hybridized carbons (Fsp3) is 0.727. The van der Waals surface area contributed by atoms with E-state index in [0.29, 0.717) is 31.5 Å². The lowest BCUT2D eigenvalue weighted by Crippen LogP contribution is -2.38. The zero-order valence-corrected chi connectivity index (χ0v) is 10.0. The summed E-state index contributed by atoms with van der Waals surface area (Å²) in [5.74, 6) is -0.114. The van der Waals surface area contributed by atoms with Gasteiger partial charge >= 0.3 is 0 Å². The standard InChI is InChI=1S/C11H19N3O3/c1-2-8(5-6-15)7-12-11(17)9-3-4-10(16)14-13-9/h8,15H,2-7H2,1H3,(H,12,17)(H,14,16). The molecule has 2 amide bonds. The molecule has 1 aliphatic heterocycles. The van der Waals surface area contributed by atoms with Crippen molar-refractivity contribution in [2.45, 2.75) is 32.6 Å². The van der Waals surface area contributed by atoms with Gasteiger partial charge in [0.2, 0.25) is 5.91 Å². The smallest absolute Gasteiger partial charge is 0.267 e. The van der Waals surface area contributed by atoms with Gasteiger partial charge in [0.15, 0.2) is 0 Å². The Labute approximate surface area is 100 Å². The third-order valence-electron chi connectivity index (χ3n) is 2.83. The number of hydrogen-bond acceptors (Lipinski definition) is 4. The van der Waals surface area contributed by atoms with Crippen molar-refractivity contribution in [3.05, 3.63) is 0 Å². The molecule has 0 radical (unpaired) electrons. The van der Waals surface area contributed by atoms with Crippen LogP contribution in [0.25, 0.3) is 0 Å². The highest BCUT2D eigenvalue weighted by molar-refractivity contribution is 6.39. The van der Waals surface area contributed by atoms with Gasteiger partial charge in [-0.15, -0.1) is 0 Å². The Morgan fingerprint density at radius 1 is 1.59 bits per heavy atom. The third kappa shape index (κ3) is 4.52. The second-order valence-corrected chi connectivity index (χ2v) is 4.09. The van der Waals surface area contributed by atoms with Crippen LogP contribution in [0.4, 0.5) is 0 Å². The van der Waals surface area contributed by atoms with E-state index in [1.54, 1.807) is 0 Å². The van der Waals surface area contributed by atoms with Gasteiger partial charge in [-0.3, -0.25) is 9.59 Å². The van der Waals surface area contributed by atoms with Gasteiger partial charge in [-0.2, -0.15) is 5.10 Å². The molecule has 0 aromatic heterocycles. The van der Waals surface area contributed by atoms with Crippen molar-refractivity contribution >= 4 is 17.5 Å². The molecule has 1 rings (SSSR count). The fourth-order valence-corrected chi connectivity index (χ4v) is 1.61. The van der Waals surface area contributed by atoms with E-state index in [0.717, 1.165) is 6.42 Å². The molecular weight excluding hydrogens is 222 g/mol. The zero-order chi connectivity index (χ0) is 12.7. The summed E-state index contributed by atoms with van der Waals surface area (Å²) in [6.07, 6.45) is 2.28. The zero-order valence-electron chi connectivity index (χ0n) is 10.0. The monoisotopic (exact) mass is 241 g/mol. The molecule has 1 heterocycles. The number of aliphatic hydroxyl groups excluding tert-OH is 1. The molecule has 0 fully saturated rings. The molecule has 1 aliphatic rings. The van der Waals surface area contributed by atoms with Crippen LogP contribution in [0.1, 0.15) is 32.6 Å². The van der Waals surface area contributed by atoms with Gasteiger partial charge in [-0.1, -0.05) is 13.3 Å². The van der Waals surface area contributed by atoms with Gasteiger partial charge in [0.05, 0.1) is 0 Å². The number of amides is 2. The van der Waals surface area contributed by atoms with Crippen LogP contribution in [-0.2, 0) is 9.59 Å². The Bertz CT molecular complexity index is 315. The fourth-order valence-electron chi connectivity index (χ4n) is 1.61. The van der Waals surface area contributed by atoms with E-state index in [2.05, 4.69) is 15.8 Å². The predicted molar refractivity (Wildman–Crippen MR) is 63.3 cm³/mol. The number of hydrogen-bond donors (Lipinski definition) is 3. The molecule has 1 unspecified atom stereocenters. The van der Waals surface area contributed by atoms with Gasteiger partial charge in [0.1, 0.15) is 5.71 Å². The van der Waals surface area contributed by atoms with Crippen LogP contribution in [0.2, 0.25) is 0 Å². The van der Waals surface area contributed by atoms with Gasteiger partial charge in [-0.25, -0.2) is 5.43 Å². The summed E-state index contributed by atoms with van der Waals surface area (Å²) in [5, 5.41) is 15.3. The number of rotatable bonds is 6. The van der Waals surface area contributed by atoms with E-state index in [1.165, 1.54) is 0 Å². The predicted octanol–water partition coefficient (Wildman–Crippen LogP) is -0.223. The summed E-state index contributed by atoms with van der Waals surface area (Å²) in [6, 6.07) is 0. The number of carbonyl (C=O) groups excluding carboxylic acids is 2. The Hall–Kier alpha value is -1.43. The average Bonchev–Trinajstić information content (AvgIpc) is 2.35. The van der Waals surface area contributed by atoms with Crippen molar-refractivity contribution < 1.29 is 14.7 Å². The maximum atomic E-state index is 11.7. The maximum absolute atomic E-state index is 11.7. The van der Waals surface area contributed by atoms with E-state index in [1.807, 2.05) is 6.92 Å². The second kappa shape index (κ2) is 7.01. The molecule has 3 N–H and O–H groups in total.